The fraction of sp³-hybridized carbons (Fsp3) is 0.160. The number of benzene rings is 3. The molecular formula is C25H23FN2O. The van der Waals surface area contributed by atoms with Crippen LogP contribution in [0, 0.1) is 5.82 Å². The molecule has 1 atom stereocenters. The summed E-state index contributed by atoms with van der Waals surface area (Å²) in [4.78, 5) is 16.2. The van der Waals surface area contributed by atoms with Crippen LogP contribution in [0.3, 0.4) is 0 Å². The van der Waals surface area contributed by atoms with Gasteiger partial charge < -0.3 is 10.3 Å². The van der Waals surface area contributed by atoms with Crippen LogP contribution in [0.15, 0.2) is 79.0 Å². The van der Waals surface area contributed by atoms with Crippen LogP contribution in [0.2, 0.25) is 0 Å². The first-order chi connectivity index (χ1) is 14.2. The molecule has 2 N–H and O–H groups in total. The number of hydrogen-bond donors (Lipinski definition) is 2. The molecule has 0 saturated carbocycles. The van der Waals surface area contributed by atoms with E-state index in [-0.39, 0.29) is 17.6 Å². The molecule has 29 heavy (non-hydrogen) atoms. The van der Waals surface area contributed by atoms with E-state index < -0.39 is 0 Å². The summed E-state index contributed by atoms with van der Waals surface area (Å²) in [5.41, 5.74) is 5.18. The van der Waals surface area contributed by atoms with E-state index in [4.69, 9.17) is 0 Å². The van der Waals surface area contributed by atoms with Crippen molar-refractivity contribution in [1.82, 2.24) is 4.98 Å². The second-order valence-corrected chi connectivity index (χ2v) is 7.16. The molecule has 0 bridgehead atoms. The number of aromatic amines is 1. The van der Waals surface area contributed by atoms with Gasteiger partial charge >= 0.3 is 0 Å². The van der Waals surface area contributed by atoms with Gasteiger partial charge in [0.15, 0.2) is 0 Å². The Morgan fingerprint density at radius 3 is 2.48 bits per heavy atom. The number of halogens is 1. The number of H-pyrrole nitrogens is 1. The molecule has 1 unspecified atom stereocenters. The summed E-state index contributed by atoms with van der Waals surface area (Å²) in [7, 11) is 0. The molecule has 1 aromatic heterocycles. The van der Waals surface area contributed by atoms with Crippen molar-refractivity contribution in [2.75, 3.05) is 5.32 Å². The lowest BCUT2D eigenvalue weighted by Gasteiger charge is -2.17. The van der Waals surface area contributed by atoms with E-state index in [1.165, 1.54) is 17.7 Å². The lowest BCUT2D eigenvalue weighted by atomic mass is 9.87. The van der Waals surface area contributed by atoms with Crippen molar-refractivity contribution >= 4 is 22.5 Å². The number of carbonyl (C=O) groups is 1. The minimum atomic E-state index is -0.323. The van der Waals surface area contributed by atoms with E-state index in [9.17, 15) is 9.18 Å². The monoisotopic (exact) mass is 386 g/mol. The van der Waals surface area contributed by atoms with E-state index >= 15 is 0 Å². The van der Waals surface area contributed by atoms with E-state index in [1.54, 1.807) is 12.1 Å². The Balaban J connectivity index is 1.68. The molecule has 3 nitrogen and oxygen atoms in total. The quantitative estimate of drug-likeness (QED) is 0.417. The molecule has 146 valence electrons. The first-order valence-electron chi connectivity index (χ1n) is 9.85. The summed E-state index contributed by atoms with van der Waals surface area (Å²) in [6.45, 7) is 2.14. The van der Waals surface area contributed by atoms with Gasteiger partial charge in [-0.25, -0.2) is 4.39 Å². The van der Waals surface area contributed by atoms with Crippen LogP contribution in [0.4, 0.5) is 10.1 Å². The summed E-state index contributed by atoms with van der Waals surface area (Å²) < 4.78 is 13.1. The Hall–Kier alpha value is -3.40. The van der Waals surface area contributed by atoms with Gasteiger partial charge in [-0.15, -0.1) is 0 Å². The molecule has 4 rings (SSSR count). The van der Waals surface area contributed by atoms with Crippen LogP contribution < -0.4 is 5.32 Å². The largest absolute Gasteiger partial charge is 0.361 e. The number of fused-ring (bicyclic) bond motifs is 1. The highest BCUT2D eigenvalue weighted by molar-refractivity contribution is 5.93. The smallest absolute Gasteiger partial charge is 0.225 e. The van der Waals surface area contributed by atoms with E-state index in [1.807, 2.05) is 24.4 Å². The first-order valence-corrected chi connectivity index (χ1v) is 9.85. The van der Waals surface area contributed by atoms with Crippen LogP contribution in [0.1, 0.15) is 36.0 Å². The normalized spacial score (nSPS) is 12.1. The number of aryl methyl sites for hydroxylation is 1. The van der Waals surface area contributed by atoms with Gasteiger partial charge in [0.25, 0.3) is 0 Å². The Morgan fingerprint density at radius 1 is 1.00 bits per heavy atom. The van der Waals surface area contributed by atoms with Gasteiger partial charge in [0.2, 0.25) is 5.91 Å². The summed E-state index contributed by atoms with van der Waals surface area (Å²) in [5, 5.41) is 4.03. The molecule has 0 saturated heterocycles. The van der Waals surface area contributed by atoms with Crippen LogP contribution in [0.25, 0.3) is 10.9 Å². The molecule has 0 aliphatic carbocycles. The number of hydrogen-bond acceptors (Lipinski definition) is 1. The van der Waals surface area contributed by atoms with Crippen molar-refractivity contribution in [3.63, 3.8) is 0 Å². The predicted molar refractivity (Wildman–Crippen MR) is 116 cm³/mol. The highest BCUT2D eigenvalue weighted by Crippen LogP contribution is 2.34. The predicted octanol–water partition coefficient (Wildman–Crippen LogP) is 6.03. The summed E-state index contributed by atoms with van der Waals surface area (Å²) >= 11 is 0. The topological polar surface area (TPSA) is 44.9 Å². The van der Waals surface area contributed by atoms with E-state index in [0.29, 0.717) is 12.1 Å². The zero-order valence-corrected chi connectivity index (χ0v) is 16.3. The molecule has 0 spiro atoms. The number of aromatic nitrogens is 1. The van der Waals surface area contributed by atoms with Gasteiger partial charge in [-0.1, -0.05) is 55.5 Å². The van der Waals surface area contributed by atoms with Gasteiger partial charge in [0.1, 0.15) is 5.82 Å². The van der Waals surface area contributed by atoms with Gasteiger partial charge in [-0.05, 0) is 47.4 Å². The van der Waals surface area contributed by atoms with Crippen molar-refractivity contribution in [3.8, 4) is 0 Å². The number of rotatable bonds is 6. The number of anilines is 1. The molecule has 1 amide bonds. The van der Waals surface area contributed by atoms with Crippen LogP contribution in [0.5, 0.6) is 0 Å². The van der Waals surface area contributed by atoms with Gasteiger partial charge in [-0.3, -0.25) is 4.79 Å². The van der Waals surface area contributed by atoms with E-state index in [2.05, 4.69) is 47.6 Å². The first kappa shape index (κ1) is 18.9. The molecule has 3 aromatic carbocycles. The van der Waals surface area contributed by atoms with Crippen molar-refractivity contribution < 1.29 is 9.18 Å². The fourth-order valence-corrected chi connectivity index (χ4v) is 3.85. The van der Waals surface area contributed by atoms with Crippen LogP contribution in [-0.2, 0) is 11.2 Å². The fourth-order valence-electron chi connectivity index (χ4n) is 3.85. The lowest BCUT2D eigenvalue weighted by molar-refractivity contribution is -0.116. The zero-order chi connectivity index (χ0) is 20.2. The van der Waals surface area contributed by atoms with Crippen LogP contribution in [-0.4, -0.2) is 10.9 Å². The molecule has 0 aliphatic heterocycles. The Labute approximate surface area is 169 Å². The van der Waals surface area contributed by atoms with Crippen LogP contribution >= 0.6 is 0 Å². The number of carbonyl (C=O) groups excluding carboxylic acids is 1. The highest BCUT2D eigenvalue weighted by Gasteiger charge is 2.22. The van der Waals surface area contributed by atoms with Crippen molar-refractivity contribution in [2.45, 2.75) is 25.7 Å². The summed E-state index contributed by atoms with van der Waals surface area (Å²) in [5.74, 6) is -0.514. The van der Waals surface area contributed by atoms with Crippen molar-refractivity contribution in [1.29, 1.82) is 0 Å². The molecule has 4 aromatic rings. The third-order valence-electron chi connectivity index (χ3n) is 5.31. The van der Waals surface area contributed by atoms with E-state index in [0.717, 1.165) is 28.5 Å². The zero-order valence-electron chi connectivity index (χ0n) is 16.3. The molecule has 4 heteroatoms. The van der Waals surface area contributed by atoms with Crippen molar-refractivity contribution in [3.05, 3.63) is 102 Å². The highest BCUT2D eigenvalue weighted by atomic mass is 19.1. The second kappa shape index (κ2) is 8.31. The number of nitrogens with one attached hydrogen (secondary N) is 2. The number of amides is 1. The lowest BCUT2D eigenvalue weighted by Crippen LogP contribution is -2.16. The molecule has 0 aliphatic rings. The second-order valence-electron chi connectivity index (χ2n) is 7.16. The molecule has 0 fully saturated rings. The maximum atomic E-state index is 13.1. The van der Waals surface area contributed by atoms with Crippen molar-refractivity contribution in [2.24, 2.45) is 0 Å². The summed E-state index contributed by atoms with van der Waals surface area (Å²) in [6, 6.07) is 22.2. The Kier molecular flexibility index (Phi) is 5.43. The van der Waals surface area contributed by atoms with Gasteiger partial charge in [-0.2, -0.15) is 0 Å². The molecule has 0 radical (unpaired) electrons. The molecular weight excluding hydrogens is 363 g/mol. The third-order valence-corrected chi connectivity index (χ3v) is 5.31. The maximum absolute atomic E-state index is 13.1. The minimum Gasteiger partial charge on any atom is -0.361 e. The Morgan fingerprint density at radius 2 is 1.76 bits per heavy atom. The maximum Gasteiger partial charge on any atom is 0.225 e. The SMILES string of the molecule is CCc1cccc2c(C(CC(=O)Nc3ccc(F)cc3)c3ccccc3)c[nH]c12. The average molecular weight is 386 g/mol. The molecule has 1 heterocycles. The van der Waals surface area contributed by atoms with Gasteiger partial charge in [0, 0.05) is 35.1 Å². The average Bonchev–Trinajstić information content (AvgIpc) is 3.18. The number of para-hydroxylation sites is 1. The Bertz CT molecular complexity index is 1120. The van der Waals surface area contributed by atoms with Gasteiger partial charge in [0.05, 0.1) is 0 Å². The standard InChI is InChI=1S/C25H23FN2O/c1-2-17-9-6-10-21-23(16-27-25(17)21)22(18-7-4-3-5-8-18)15-24(29)28-20-13-11-19(26)12-14-20/h3-14,16,22,27H,2,15H2,1H3,(H,28,29). The minimum absolute atomic E-state index is 0.0856. The third kappa shape index (κ3) is 4.06. The summed E-state index contributed by atoms with van der Waals surface area (Å²) in [6.07, 6.45) is 3.26.